The summed E-state index contributed by atoms with van der Waals surface area (Å²) in [5.74, 6) is 0.762. The minimum absolute atomic E-state index is 0.0858. The van der Waals surface area contributed by atoms with Crippen molar-refractivity contribution in [2.24, 2.45) is 5.41 Å². The zero-order chi connectivity index (χ0) is 16.6. The van der Waals surface area contributed by atoms with Crippen molar-refractivity contribution in [3.63, 3.8) is 0 Å². The molecule has 7 heteroatoms. The summed E-state index contributed by atoms with van der Waals surface area (Å²) in [6.07, 6.45) is 2.50. The molecule has 1 N–H and O–H groups in total. The van der Waals surface area contributed by atoms with Crippen LogP contribution in [0.3, 0.4) is 0 Å². The van der Waals surface area contributed by atoms with Crippen LogP contribution in [-0.4, -0.2) is 57.2 Å². The SMILES string of the molecule is CCO[C@H]1C[C@H](O)C12CCN(c1nnnn1-c1ccccc1)CC2. The second kappa shape index (κ2) is 6.14. The summed E-state index contributed by atoms with van der Waals surface area (Å²) in [6.45, 7) is 4.37. The lowest BCUT2D eigenvalue weighted by molar-refractivity contribution is -0.199. The Morgan fingerprint density at radius 1 is 1.25 bits per heavy atom. The molecule has 0 radical (unpaired) electrons. The molecule has 24 heavy (non-hydrogen) atoms. The van der Waals surface area contributed by atoms with Crippen LogP contribution in [0.4, 0.5) is 5.95 Å². The third-order valence-electron chi connectivity index (χ3n) is 5.54. The van der Waals surface area contributed by atoms with Gasteiger partial charge in [0.15, 0.2) is 0 Å². The van der Waals surface area contributed by atoms with Gasteiger partial charge in [-0.25, -0.2) is 0 Å². The van der Waals surface area contributed by atoms with Crippen LogP contribution in [0.25, 0.3) is 5.69 Å². The Hall–Kier alpha value is -1.99. The molecule has 0 unspecified atom stereocenters. The molecule has 128 valence electrons. The van der Waals surface area contributed by atoms with E-state index in [0.717, 1.165) is 44.0 Å². The Bertz CT molecular complexity index is 679. The molecule has 2 fully saturated rings. The molecular weight excluding hydrogens is 306 g/mol. The number of aliphatic hydroxyl groups excluding tert-OH is 1. The maximum atomic E-state index is 10.3. The molecule has 1 saturated heterocycles. The fourth-order valence-corrected chi connectivity index (χ4v) is 4.06. The molecule has 2 heterocycles. The molecule has 1 aliphatic heterocycles. The lowest BCUT2D eigenvalue weighted by Crippen LogP contribution is -2.62. The number of tetrazole rings is 1. The van der Waals surface area contributed by atoms with E-state index in [4.69, 9.17) is 4.74 Å². The highest BCUT2D eigenvalue weighted by Crippen LogP contribution is 2.51. The zero-order valence-corrected chi connectivity index (χ0v) is 13.9. The minimum Gasteiger partial charge on any atom is -0.392 e. The van der Waals surface area contributed by atoms with Crippen LogP contribution in [0.2, 0.25) is 0 Å². The smallest absolute Gasteiger partial charge is 0.250 e. The average molecular weight is 329 g/mol. The van der Waals surface area contributed by atoms with Gasteiger partial charge in [0.05, 0.1) is 17.9 Å². The third kappa shape index (κ3) is 2.39. The van der Waals surface area contributed by atoms with Crippen LogP contribution < -0.4 is 4.90 Å². The van der Waals surface area contributed by atoms with Crippen molar-refractivity contribution in [1.82, 2.24) is 20.2 Å². The maximum absolute atomic E-state index is 10.3. The number of piperidine rings is 1. The molecule has 0 bridgehead atoms. The van der Waals surface area contributed by atoms with Gasteiger partial charge in [0, 0.05) is 31.5 Å². The molecule has 2 aliphatic rings. The van der Waals surface area contributed by atoms with E-state index >= 15 is 0 Å². The Morgan fingerprint density at radius 3 is 2.67 bits per heavy atom. The van der Waals surface area contributed by atoms with Gasteiger partial charge >= 0.3 is 0 Å². The van der Waals surface area contributed by atoms with E-state index in [1.165, 1.54) is 0 Å². The fourth-order valence-electron chi connectivity index (χ4n) is 4.06. The Morgan fingerprint density at radius 2 is 2.00 bits per heavy atom. The van der Waals surface area contributed by atoms with Crippen molar-refractivity contribution in [3.05, 3.63) is 30.3 Å². The first kappa shape index (κ1) is 15.5. The molecular formula is C17H23N5O2. The standard InChI is InChI=1S/C17H23N5O2/c1-2-24-15-12-14(23)17(15)8-10-21(11-9-17)16-18-19-20-22(16)13-6-4-3-5-7-13/h3-7,14-15,23H,2,8-12H2,1H3/t14-,15-/m0/s1. The van der Waals surface area contributed by atoms with Gasteiger partial charge in [-0.1, -0.05) is 23.3 Å². The fraction of sp³-hybridized carbons (Fsp3) is 0.588. The number of hydrogen-bond donors (Lipinski definition) is 1. The van der Waals surface area contributed by atoms with Crippen molar-refractivity contribution in [3.8, 4) is 5.69 Å². The van der Waals surface area contributed by atoms with Crippen LogP contribution in [0.5, 0.6) is 0 Å². The van der Waals surface area contributed by atoms with Gasteiger partial charge in [-0.05, 0) is 42.3 Å². The number of ether oxygens (including phenoxy) is 1. The second-order valence-electron chi connectivity index (χ2n) is 6.64. The first-order chi connectivity index (χ1) is 11.7. The normalized spacial score (nSPS) is 25.7. The summed E-state index contributed by atoms with van der Waals surface area (Å²) < 4.78 is 7.61. The van der Waals surface area contributed by atoms with Gasteiger partial charge in [0.25, 0.3) is 0 Å². The van der Waals surface area contributed by atoms with Crippen molar-refractivity contribution < 1.29 is 9.84 Å². The van der Waals surface area contributed by atoms with Crippen molar-refractivity contribution in [2.75, 3.05) is 24.6 Å². The first-order valence-corrected chi connectivity index (χ1v) is 8.63. The molecule has 1 aliphatic carbocycles. The highest BCUT2D eigenvalue weighted by molar-refractivity contribution is 5.41. The monoisotopic (exact) mass is 329 g/mol. The lowest BCUT2D eigenvalue weighted by atomic mass is 9.58. The van der Waals surface area contributed by atoms with Gasteiger partial charge in [-0.2, -0.15) is 4.68 Å². The number of nitrogens with zero attached hydrogens (tertiary/aromatic N) is 5. The topological polar surface area (TPSA) is 76.3 Å². The number of hydrogen-bond acceptors (Lipinski definition) is 6. The Kier molecular flexibility index (Phi) is 3.97. The van der Waals surface area contributed by atoms with E-state index in [2.05, 4.69) is 20.4 Å². The largest absolute Gasteiger partial charge is 0.392 e. The molecule has 7 nitrogen and oxygen atoms in total. The van der Waals surface area contributed by atoms with E-state index in [1.807, 2.05) is 37.3 Å². The predicted octanol–water partition coefficient (Wildman–Crippen LogP) is 1.42. The van der Waals surface area contributed by atoms with Crippen LogP contribution >= 0.6 is 0 Å². The number of para-hydroxylation sites is 1. The predicted molar refractivity (Wildman–Crippen MR) is 89.1 cm³/mol. The van der Waals surface area contributed by atoms with Crippen LogP contribution in [-0.2, 0) is 4.74 Å². The molecule has 1 aromatic carbocycles. The maximum Gasteiger partial charge on any atom is 0.250 e. The summed E-state index contributed by atoms with van der Waals surface area (Å²) >= 11 is 0. The van der Waals surface area contributed by atoms with Crippen LogP contribution in [0, 0.1) is 5.41 Å². The van der Waals surface area contributed by atoms with Crippen molar-refractivity contribution in [2.45, 2.75) is 38.4 Å². The Labute approximate surface area is 141 Å². The number of aliphatic hydroxyl groups is 1. The lowest BCUT2D eigenvalue weighted by Gasteiger charge is -2.56. The Balaban J connectivity index is 1.50. The van der Waals surface area contributed by atoms with Gasteiger partial charge in [0.1, 0.15) is 0 Å². The molecule has 1 spiro atoms. The van der Waals surface area contributed by atoms with Crippen molar-refractivity contribution >= 4 is 5.95 Å². The highest BCUT2D eigenvalue weighted by atomic mass is 16.5. The first-order valence-electron chi connectivity index (χ1n) is 8.63. The number of benzene rings is 1. The molecule has 4 rings (SSSR count). The van der Waals surface area contributed by atoms with E-state index in [-0.39, 0.29) is 17.6 Å². The van der Waals surface area contributed by atoms with Crippen LogP contribution in [0.1, 0.15) is 26.2 Å². The third-order valence-corrected chi connectivity index (χ3v) is 5.54. The number of aromatic nitrogens is 4. The summed E-state index contributed by atoms with van der Waals surface area (Å²) in [7, 11) is 0. The molecule has 2 aromatic rings. The van der Waals surface area contributed by atoms with Gasteiger partial charge < -0.3 is 14.7 Å². The zero-order valence-electron chi connectivity index (χ0n) is 13.9. The molecule has 1 saturated carbocycles. The molecule has 0 amide bonds. The highest BCUT2D eigenvalue weighted by Gasteiger charge is 2.56. The average Bonchev–Trinajstić information content (AvgIpc) is 3.12. The number of anilines is 1. The number of rotatable bonds is 4. The molecule has 2 atom stereocenters. The van der Waals surface area contributed by atoms with E-state index in [1.54, 1.807) is 4.68 Å². The van der Waals surface area contributed by atoms with E-state index in [0.29, 0.717) is 6.61 Å². The summed E-state index contributed by atoms with van der Waals surface area (Å²) in [5, 5.41) is 22.5. The summed E-state index contributed by atoms with van der Waals surface area (Å²) in [6, 6.07) is 9.91. The van der Waals surface area contributed by atoms with Gasteiger partial charge in [0.2, 0.25) is 5.95 Å². The quantitative estimate of drug-likeness (QED) is 0.914. The van der Waals surface area contributed by atoms with Crippen molar-refractivity contribution in [1.29, 1.82) is 0 Å². The van der Waals surface area contributed by atoms with E-state index in [9.17, 15) is 5.11 Å². The van der Waals surface area contributed by atoms with E-state index < -0.39 is 0 Å². The van der Waals surface area contributed by atoms with Gasteiger partial charge in [-0.15, -0.1) is 0 Å². The van der Waals surface area contributed by atoms with Crippen LogP contribution in [0.15, 0.2) is 30.3 Å². The molecule has 1 aromatic heterocycles. The minimum atomic E-state index is -0.249. The summed E-state index contributed by atoms with van der Waals surface area (Å²) in [5.41, 5.74) is 0.867. The van der Waals surface area contributed by atoms with Gasteiger partial charge in [-0.3, -0.25) is 0 Å². The second-order valence-corrected chi connectivity index (χ2v) is 6.64. The summed E-state index contributed by atoms with van der Waals surface area (Å²) in [4.78, 5) is 2.20.